The number of ether oxygens (including phenoxy) is 1. The summed E-state index contributed by atoms with van der Waals surface area (Å²) in [5.74, 6) is 0.823. The molecule has 2 aliphatic rings. The number of hydrogen-bond acceptors (Lipinski definition) is 4. The fraction of sp³-hybridized carbons (Fsp3) is 0.391. The van der Waals surface area contributed by atoms with Gasteiger partial charge in [-0.15, -0.1) is 0 Å². The molecule has 0 radical (unpaired) electrons. The van der Waals surface area contributed by atoms with E-state index in [2.05, 4.69) is 22.8 Å². The van der Waals surface area contributed by atoms with Crippen molar-refractivity contribution in [1.82, 2.24) is 5.32 Å². The molecule has 1 unspecified atom stereocenters. The van der Waals surface area contributed by atoms with Crippen LogP contribution in [0.25, 0.3) is 0 Å². The molecular weight excluding hydrogens is 352 g/mol. The number of aryl methyl sites for hydroxylation is 1. The van der Waals surface area contributed by atoms with Gasteiger partial charge in [-0.05, 0) is 55.0 Å². The van der Waals surface area contributed by atoms with E-state index in [0.29, 0.717) is 30.8 Å². The third-order valence-corrected chi connectivity index (χ3v) is 5.77. The number of fused-ring (bicyclic) bond motifs is 3. The standard InChI is InChI=1S/C23H26N2O3/c1-28-19-13-16-7-8-17(14-24-12-11-15-5-3-2-4-6-15)23(27)21(16)18-9-10-20(26)25-22(18)19/h2-6,13,17,24H,7-12,14H2,1H3,(H,25,26). The fourth-order valence-corrected chi connectivity index (χ4v) is 4.28. The zero-order valence-electron chi connectivity index (χ0n) is 16.2. The summed E-state index contributed by atoms with van der Waals surface area (Å²) in [5.41, 5.74) is 4.80. The predicted octanol–water partition coefficient (Wildman–Crippen LogP) is 3.16. The molecule has 0 spiro atoms. The predicted molar refractivity (Wildman–Crippen MR) is 109 cm³/mol. The number of nitrogens with one attached hydrogen (secondary N) is 2. The summed E-state index contributed by atoms with van der Waals surface area (Å²) in [4.78, 5) is 25.1. The van der Waals surface area contributed by atoms with Gasteiger partial charge in [-0.2, -0.15) is 0 Å². The molecule has 0 aromatic heterocycles. The van der Waals surface area contributed by atoms with Crippen LogP contribution in [0.15, 0.2) is 36.4 Å². The van der Waals surface area contributed by atoms with Crippen LogP contribution in [0.2, 0.25) is 0 Å². The molecule has 146 valence electrons. The first kappa shape index (κ1) is 18.7. The summed E-state index contributed by atoms with van der Waals surface area (Å²) < 4.78 is 5.47. The van der Waals surface area contributed by atoms with Crippen LogP contribution < -0.4 is 15.4 Å². The second-order valence-corrected chi connectivity index (χ2v) is 7.55. The van der Waals surface area contributed by atoms with Gasteiger partial charge in [-0.1, -0.05) is 30.3 Å². The lowest BCUT2D eigenvalue weighted by molar-refractivity contribution is -0.116. The smallest absolute Gasteiger partial charge is 0.224 e. The van der Waals surface area contributed by atoms with Crippen molar-refractivity contribution in [2.24, 2.45) is 5.92 Å². The molecule has 1 aliphatic carbocycles. The number of benzene rings is 2. The molecular formula is C23H26N2O3. The van der Waals surface area contributed by atoms with Gasteiger partial charge in [-0.3, -0.25) is 9.59 Å². The van der Waals surface area contributed by atoms with Gasteiger partial charge in [0.25, 0.3) is 0 Å². The van der Waals surface area contributed by atoms with Crippen LogP contribution in [0.4, 0.5) is 5.69 Å². The number of hydrogen-bond donors (Lipinski definition) is 2. The Balaban J connectivity index is 1.47. The van der Waals surface area contributed by atoms with Gasteiger partial charge in [0.2, 0.25) is 5.91 Å². The average Bonchev–Trinajstić information content (AvgIpc) is 2.72. The first-order chi connectivity index (χ1) is 13.7. The van der Waals surface area contributed by atoms with Gasteiger partial charge < -0.3 is 15.4 Å². The molecule has 2 aromatic rings. The molecule has 0 saturated carbocycles. The molecule has 5 heteroatoms. The summed E-state index contributed by atoms with van der Waals surface area (Å²) >= 11 is 0. The lowest BCUT2D eigenvalue weighted by Gasteiger charge is -2.30. The van der Waals surface area contributed by atoms with E-state index in [1.165, 1.54) is 5.56 Å². The highest BCUT2D eigenvalue weighted by atomic mass is 16.5. The quantitative estimate of drug-likeness (QED) is 0.758. The zero-order valence-corrected chi connectivity index (χ0v) is 16.2. The Labute approximate surface area is 165 Å². The largest absolute Gasteiger partial charge is 0.495 e. The molecule has 1 atom stereocenters. The summed E-state index contributed by atoms with van der Waals surface area (Å²) in [6.07, 6.45) is 3.68. The molecule has 28 heavy (non-hydrogen) atoms. The first-order valence-electron chi connectivity index (χ1n) is 9.99. The molecule has 4 rings (SSSR count). The van der Waals surface area contributed by atoms with Crippen LogP contribution in [0.1, 0.15) is 39.9 Å². The molecule has 0 fully saturated rings. The van der Waals surface area contributed by atoms with Crippen molar-refractivity contribution in [1.29, 1.82) is 0 Å². The monoisotopic (exact) mass is 378 g/mol. The number of anilines is 1. The van der Waals surface area contributed by atoms with Crippen LogP contribution in [0.5, 0.6) is 5.75 Å². The van der Waals surface area contributed by atoms with Gasteiger partial charge in [0.05, 0.1) is 12.8 Å². The second kappa shape index (κ2) is 8.15. The third-order valence-electron chi connectivity index (χ3n) is 5.77. The van der Waals surface area contributed by atoms with Crippen molar-refractivity contribution in [2.45, 2.75) is 32.1 Å². The van der Waals surface area contributed by atoms with E-state index in [4.69, 9.17) is 4.74 Å². The zero-order chi connectivity index (χ0) is 19.5. The summed E-state index contributed by atoms with van der Waals surface area (Å²) in [6.45, 7) is 1.55. The van der Waals surface area contributed by atoms with E-state index in [-0.39, 0.29) is 17.6 Å². The molecule has 5 nitrogen and oxygen atoms in total. The number of rotatable bonds is 6. The molecule has 0 bridgehead atoms. The van der Waals surface area contributed by atoms with Crippen LogP contribution in [-0.2, 0) is 24.1 Å². The lowest BCUT2D eigenvalue weighted by atomic mass is 9.78. The van der Waals surface area contributed by atoms with Crippen molar-refractivity contribution in [3.05, 3.63) is 58.7 Å². The SMILES string of the molecule is COc1cc2c(c3c1NC(=O)CC3)C(=O)C(CNCCc1ccccc1)CC2. The van der Waals surface area contributed by atoms with Gasteiger partial charge in [0.1, 0.15) is 5.75 Å². The first-order valence-corrected chi connectivity index (χ1v) is 9.99. The topological polar surface area (TPSA) is 67.4 Å². The Kier molecular flexibility index (Phi) is 5.44. The van der Waals surface area contributed by atoms with E-state index >= 15 is 0 Å². The summed E-state index contributed by atoms with van der Waals surface area (Å²) in [6, 6.07) is 12.3. The van der Waals surface area contributed by atoms with Gasteiger partial charge in [-0.25, -0.2) is 0 Å². The summed E-state index contributed by atoms with van der Waals surface area (Å²) in [5, 5.41) is 6.36. The highest BCUT2D eigenvalue weighted by molar-refractivity contribution is 6.06. The van der Waals surface area contributed by atoms with Gasteiger partial charge in [0.15, 0.2) is 5.78 Å². The molecule has 2 N–H and O–H groups in total. The maximum absolute atomic E-state index is 13.2. The minimum Gasteiger partial charge on any atom is -0.495 e. The molecule has 1 aliphatic heterocycles. The number of amides is 1. The Hall–Kier alpha value is -2.66. The number of Topliss-reactive ketones (excluding diaryl/α,β-unsaturated/α-hetero) is 1. The number of carbonyl (C=O) groups excluding carboxylic acids is 2. The normalized spacial score (nSPS) is 18.2. The van der Waals surface area contributed by atoms with E-state index in [0.717, 1.165) is 42.5 Å². The number of methoxy groups -OCH3 is 1. The van der Waals surface area contributed by atoms with Crippen molar-refractivity contribution in [3.63, 3.8) is 0 Å². The third kappa shape index (κ3) is 3.67. The minimum atomic E-state index is -0.0202. The van der Waals surface area contributed by atoms with Gasteiger partial charge in [0, 0.05) is 24.4 Å². The van der Waals surface area contributed by atoms with Crippen molar-refractivity contribution in [2.75, 3.05) is 25.5 Å². The van der Waals surface area contributed by atoms with Crippen LogP contribution >= 0.6 is 0 Å². The molecule has 1 heterocycles. The maximum atomic E-state index is 13.2. The fourth-order valence-electron chi connectivity index (χ4n) is 4.28. The van der Waals surface area contributed by atoms with Crippen molar-refractivity contribution >= 4 is 17.4 Å². The highest BCUT2D eigenvalue weighted by Crippen LogP contribution is 2.40. The summed E-state index contributed by atoms with van der Waals surface area (Å²) in [7, 11) is 1.60. The number of ketones is 1. The van der Waals surface area contributed by atoms with E-state index in [9.17, 15) is 9.59 Å². The Bertz CT molecular complexity index is 892. The highest BCUT2D eigenvalue weighted by Gasteiger charge is 2.33. The minimum absolute atomic E-state index is 0.0154. The average molecular weight is 378 g/mol. The van der Waals surface area contributed by atoms with Crippen LogP contribution in [0, 0.1) is 5.92 Å². The van der Waals surface area contributed by atoms with E-state index < -0.39 is 0 Å². The number of carbonyl (C=O) groups is 2. The Morgan fingerprint density at radius 3 is 2.75 bits per heavy atom. The second-order valence-electron chi connectivity index (χ2n) is 7.55. The molecule has 0 saturated heterocycles. The van der Waals surface area contributed by atoms with E-state index in [1.807, 2.05) is 24.3 Å². The van der Waals surface area contributed by atoms with E-state index in [1.54, 1.807) is 7.11 Å². The van der Waals surface area contributed by atoms with Gasteiger partial charge >= 0.3 is 0 Å². The Morgan fingerprint density at radius 1 is 1.14 bits per heavy atom. The maximum Gasteiger partial charge on any atom is 0.224 e. The molecule has 1 amide bonds. The Morgan fingerprint density at radius 2 is 1.96 bits per heavy atom. The van der Waals surface area contributed by atoms with Crippen molar-refractivity contribution < 1.29 is 14.3 Å². The van der Waals surface area contributed by atoms with Crippen LogP contribution in [0.3, 0.4) is 0 Å². The van der Waals surface area contributed by atoms with Crippen molar-refractivity contribution in [3.8, 4) is 5.75 Å². The van der Waals surface area contributed by atoms with Crippen LogP contribution in [-0.4, -0.2) is 31.9 Å². The lowest BCUT2D eigenvalue weighted by Crippen LogP contribution is -2.35. The molecule has 2 aromatic carbocycles.